The summed E-state index contributed by atoms with van der Waals surface area (Å²) in [6, 6.07) is 7.21. The average molecular weight is 353 g/mol. The third kappa shape index (κ3) is 2.62. The van der Waals surface area contributed by atoms with Crippen molar-refractivity contribution in [2.45, 2.75) is 18.1 Å². The second-order valence-electron chi connectivity index (χ2n) is 4.66. The first kappa shape index (κ1) is 13.7. The number of aromatic nitrogens is 2. The highest BCUT2D eigenvalue weighted by Crippen LogP contribution is 2.38. The molecular weight excluding hydrogens is 340 g/mol. The fraction of sp³-hybridized carbons (Fsp3) is 0.286. The Labute approximate surface area is 128 Å². The van der Waals surface area contributed by atoms with Crippen molar-refractivity contribution in [1.82, 2.24) is 9.97 Å². The number of hydrogen-bond donors (Lipinski definition) is 2. The van der Waals surface area contributed by atoms with Crippen LogP contribution >= 0.6 is 27.7 Å². The van der Waals surface area contributed by atoms with E-state index < -0.39 is 0 Å². The lowest BCUT2D eigenvalue weighted by molar-refractivity contribution is 0.449. The molecule has 1 aliphatic rings. The molecule has 104 valence electrons. The molecule has 2 N–H and O–H groups in total. The summed E-state index contributed by atoms with van der Waals surface area (Å²) in [6.07, 6.45) is 2.11. The maximum Gasteiger partial charge on any atom is 0.262 e. The molecule has 0 radical (unpaired) electrons. The van der Waals surface area contributed by atoms with Gasteiger partial charge in [-0.3, -0.25) is 4.79 Å². The molecule has 1 unspecified atom stereocenters. The highest BCUT2D eigenvalue weighted by molar-refractivity contribution is 9.10. The predicted molar refractivity (Wildman–Crippen MR) is 84.1 cm³/mol. The first-order valence-corrected chi connectivity index (χ1v) is 8.20. The highest BCUT2D eigenvalue weighted by atomic mass is 79.9. The number of nitrogens with zero attached hydrogens (tertiary/aromatic N) is 1. The molecule has 0 amide bonds. The Morgan fingerprint density at radius 3 is 2.70 bits per heavy atom. The number of halogens is 1. The van der Waals surface area contributed by atoms with Crippen LogP contribution in [0, 0.1) is 0 Å². The first-order valence-electron chi connectivity index (χ1n) is 6.36. The summed E-state index contributed by atoms with van der Waals surface area (Å²) in [4.78, 5) is 19.2. The summed E-state index contributed by atoms with van der Waals surface area (Å²) in [5.74, 6) is 1.46. The van der Waals surface area contributed by atoms with Gasteiger partial charge < -0.3 is 10.1 Å². The lowest BCUT2D eigenvalue weighted by Crippen LogP contribution is -2.15. The van der Waals surface area contributed by atoms with E-state index in [1.54, 1.807) is 23.9 Å². The lowest BCUT2D eigenvalue weighted by Gasteiger charge is -2.10. The van der Waals surface area contributed by atoms with E-state index in [0.29, 0.717) is 11.4 Å². The number of nitrogens with one attached hydrogen (secondary N) is 1. The van der Waals surface area contributed by atoms with E-state index in [0.717, 1.165) is 23.1 Å². The van der Waals surface area contributed by atoms with Crippen LogP contribution in [0.15, 0.2) is 33.5 Å². The molecule has 1 saturated heterocycles. The van der Waals surface area contributed by atoms with Gasteiger partial charge in [0.1, 0.15) is 11.4 Å². The van der Waals surface area contributed by atoms with Crippen LogP contribution in [0.1, 0.15) is 23.9 Å². The molecule has 0 aliphatic carbocycles. The van der Waals surface area contributed by atoms with Crippen LogP contribution in [0.4, 0.5) is 0 Å². The number of rotatable bonds is 2. The molecule has 0 bridgehead atoms. The predicted octanol–water partition coefficient (Wildman–Crippen LogP) is 3.47. The van der Waals surface area contributed by atoms with Crippen molar-refractivity contribution in [2.75, 3.05) is 5.75 Å². The van der Waals surface area contributed by atoms with Crippen LogP contribution in [0.3, 0.4) is 0 Å². The fourth-order valence-electron chi connectivity index (χ4n) is 2.30. The molecule has 1 aliphatic heterocycles. The van der Waals surface area contributed by atoms with Crippen LogP contribution in [0.5, 0.6) is 5.88 Å². The SMILES string of the molecule is O=c1[nH]c(C2CCCS2)nc(O)c1-c1ccc(Br)cc1. The Bertz CT molecular complexity index is 679. The molecule has 1 aromatic carbocycles. The monoisotopic (exact) mass is 352 g/mol. The van der Waals surface area contributed by atoms with Gasteiger partial charge in [-0.2, -0.15) is 16.7 Å². The minimum Gasteiger partial charge on any atom is -0.493 e. The molecule has 0 spiro atoms. The summed E-state index contributed by atoms with van der Waals surface area (Å²) < 4.78 is 0.920. The van der Waals surface area contributed by atoms with E-state index in [-0.39, 0.29) is 22.3 Å². The van der Waals surface area contributed by atoms with Crippen LogP contribution < -0.4 is 5.56 Å². The van der Waals surface area contributed by atoms with Crippen molar-refractivity contribution in [1.29, 1.82) is 0 Å². The highest BCUT2D eigenvalue weighted by Gasteiger charge is 2.22. The van der Waals surface area contributed by atoms with E-state index in [2.05, 4.69) is 25.9 Å². The van der Waals surface area contributed by atoms with Gasteiger partial charge in [-0.1, -0.05) is 28.1 Å². The molecule has 0 saturated carbocycles. The second-order valence-corrected chi connectivity index (χ2v) is 6.88. The summed E-state index contributed by atoms with van der Waals surface area (Å²) in [7, 11) is 0. The van der Waals surface area contributed by atoms with Crippen molar-refractivity contribution in [3.8, 4) is 17.0 Å². The Balaban J connectivity index is 2.04. The summed E-state index contributed by atoms with van der Waals surface area (Å²) >= 11 is 5.11. The molecule has 2 heterocycles. The molecule has 20 heavy (non-hydrogen) atoms. The summed E-state index contributed by atoms with van der Waals surface area (Å²) in [5.41, 5.74) is 0.594. The van der Waals surface area contributed by atoms with Crippen LogP contribution in [-0.2, 0) is 0 Å². The molecular formula is C14H13BrN2O2S. The van der Waals surface area contributed by atoms with E-state index >= 15 is 0 Å². The maximum atomic E-state index is 12.2. The molecule has 1 aromatic heterocycles. The zero-order chi connectivity index (χ0) is 14.1. The zero-order valence-corrected chi connectivity index (χ0v) is 13.0. The van der Waals surface area contributed by atoms with Crippen molar-refractivity contribution >= 4 is 27.7 Å². The van der Waals surface area contributed by atoms with Gasteiger partial charge in [-0.25, -0.2) is 0 Å². The number of thioether (sulfide) groups is 1. The normalized spacial score (nSPS) is 18.4. The van der Waals surface area contributed by atoms with Gasteiger partial charge in [0.05, 0.1) is 5.25 Å². The fourth-order valence-corrected chi connectivity index (χ4v) is 3.79. The smallest absolute Gasteiger partial charge is 0.262 e. The molecule has 6 heteroatoms. The largest absolute Gasteiger partial charge is 0.493 e. The first-order chi connectivity index (χ1) is 9.65. The van der Waals surface area contributed by atoms with Gasteiger partial charge in [-0.15, -0.1) is 0 Å². The molecule has 1 atom stereocenters. The van der Waals surface area contributed by atoms with Gasteiger partial charge in [0.25, 0.3) is 5.56 Å². The van der Waals surface area contributed by atoms with Gasteiger partial charge in [-0.05, 0) is 36.3 Å². The number of hydrogen-bond acceptors (Lipinski definition) is 4. The molecule has 4 nitrogen and oxygen atoms in total. The Morgan fingerprint density at radius 1 is 1.35 bits per heavy atom. The Hall–Kier alpha value is -1.27. The Kier molecular flexibility index (Phi) is 3.85. The number of H-pyrrole nitrogens is 1. The maximum absolute atomic E-state index is 12.2. The third-order valence-corrected chi connectivity index (χ3v) is 5.20. The Morgan fingerprint density at radius 2 is 2.10 bits per heavy atom. The molecule has 3 rings (SSSR count). The molecule has 2 aromatic rings. The van der Waals surface area contributed by atoms with Crippen molar-refractivity contribution in [3.05, 3.63) is 44.9 Å². The minimum atomic E-state index is -0.290. The number of aromatic hydroxyl groups is 1. The van der Waals surface area contributed by atoms with Gasteiger partial charge in [0, 0.05) is 4.47 Å². The number of benzene rings is 1. The zero-order valence-electron chi connectivity index (χ0n) is 10.6. The third-order valence-electron chi connectivity index (χ3n) is 3.29. The van der Waals surface area contributed by atoms with Crippen LogP contribution in [0.2, 0.25) is 0 Å². The van der Waals surface area contributed by atoms with Crippen molar-refractivity contribution in [3.63, 3.8) is 0 Å². The quantitative estimate of drug-likeness (QED) is 0.868. The van der Waals surface area contributed by atoms with E-state index in [4.69, 9.17) is 0 Å². The van der Waals surface area contributed by atoms with Crippen LogP contribution in [0.25, 0.3) is 11.1 Å². The second kappa shape index (κ2) is 5.61. The summed E-state index contributed by atoms with van der Waals surface area (Å²) in [6.45, 7) is 0. The van der Waals surface area contributed by atoms with Crippen molar-refractivity contribution < 1.29 is 5.11 Å². The standard InChI is InChI=1S/C14H13BrN2O2S/c15-9-5-3-8(4-6-9)11-13(18)16-12(17-14(11)19)10-2-1-7-20-10/h3-6,10H,1-2,7H2,(H2,16,17,18,19). The van der Waals surface area contributed by atoms with Gasteiger partial charge in [0.2, 0.25) is 5.88 Å². The summed E-state index contributed by atoms with van der Waals surface area (Å²) in [5, 5.41) is 10.3. The average Bonchev–Trinajstić information content (AvgIpc) is 2.94. The van der Waals surface area contributed by atoms with Crippen molar-refractivity contribution in [2.24, 2.45) is 0 Å². The van der Waals surface area contributed by atoms with E-state index in [1.807, 2.05) is 12.1 Å². The van der Waals surface area contributed by atoms with E-state index in [1.165, 1.54) is 0 Å². The molecule has 1 fully saturated rings. The van der Waals surface area contributed by atoms with E-state index in [9.17, 15) is 9.90 Å². The lowest BCUT2D eigenvalue weighted by atomic mass is 10.1. The van der Waals surface area contributed by atoms with Gasteiger partial charge >= 0.3 is 0 Å². The minimum absolute atomic E-state index is 0.188. The van der Waals surface area contributed by atoms with Gasteiger partial charge in [0.15, 0.2) is 0 Å². The topological polar surface area (TPSA) is 66.0 Å². The van der Waals surface area contributed by atoms with Crippen LogP contribution in [-0.4, -0.2) is 20.8 Å². The number of aromatic amines is 1.